The van der Waals surface area contributed by atoms with Crippen molar-refractivity contribution in [1.82, 2.24) is 10.7 Å². The van der Waals surface area contributed by atoms with Crippen LogP contribution < -0.4 is 10.7 Å². The molecule has 0 bridgehead atoms. The van der Waals surface area contributed by atoms with Crippen LogP contribution >= 0.6 is 0 Å². The molecular formula is C19H21N3O2. The molecule has 0 aliphatic heterocycles. The first-order valence-electron chi connectivity index (χ1n) is 7.85. The molecular weight excluding hydrogens is 302 g/mol. The quantitative estimate of drug-likeness (QED) is 0.633. The molecule has 5 heteroatoms. The number of carbonyl (C=O) groups is 2. The van der Waals surface area contributed by atoms with Crippen LogP contribution in [0.25, 0.3) is 0 Å². The van der Waals surface area contributed by atoms with Crippen LogP contribution in [0, 0.1) is 0 Å². The van der Waals surface area contributed by atoms with Crippen LogP contribution in [0.15, 0.2) is 65.8 Å². The highest BCUT2D eigenvalue weighted by Gasteiger charge is 2.23. The number of benzene rings is 2. The number of nitrogens with one attached hydrogen (secondary N) is 2. The molecule has 5 nitrogen and oxygen atoms in total. The van der Waals surface area contributed by atoms with E-state index < -0.39 is 6.04 Å². The SMILES string of the molecule is CCC(C)=NNC(=O)C(NC(=O)c1ccccc1)c1ccccc1. The fraction of sp³-hybridized carbons (Fsp3) is 0.211. The van der Waals surface area contributed by atoms with Crippen LogP contribution in [0.3, 0.4) is 0 Å². The Morgan fingerprint density at radius 2 is 1.58 bits per heavy atom. The molecule has 24 heavy (non-hydrogen) atoms. The van der Waals surface area contributed by atoms with E-state index in [4.69, 9.17) is 0 Å². The zero-order chi connectivity index (χ0) is 17.4. The second-order valence-corrected chi connectivity index (χ2v) is 5.36. The highest BCUT2D eigenvalue weighted by atomic mass is 16.2. The highest BCUT2D eigenvalue weighted by Crippen LogP contribution is 2.14. The molecule has 0 aliphatic carbocycles. The molecule has 0 spiro atoms. The Morgan fingerprint density at radius 3 is 2.17 bits per heavy atom. The van der Waals surface area contributed by atoms with Crippen molar-refractivity contribution in [3.8, 4) is 0 Å². The number of amides is 2. The Balaban J connectivity index is 2.20. The summed E-state index contributed by atoms with van der Waals surface area (Å²) in [7, 11) is 0. The molecule has 124 valence electrons. The molecule has 0 saturated carbocycles. The second-order valence-electron chi connectivity index (χ2n) is 5.36. The summed E-state index contributed by atoms with van der Waals surface area (Å²) in [6.07, 6.45) is 0.743. The lowest BCUT2D eigenvalue weighted by molar-refractivity contribution is -0.123. The van der Waals surface area contributed by atoms with Gasteiger partial charge < -0.3 is 5.32 Å². The fourth-order valence-corrected chi connectivity index (χ4v) is 2.04. The molecule has 2 aromatic carbocycles. The molecule has 0 radical (unpaired) electrons. The maximum atomic E-state index is 12.5. The van der Waals surface area contributed by atoms with Crippen LogP contribution in [-0.2, 0) is 4.79 Å². The van der Waals surface area contributed by atoms with Gasteiger partial charge in [0, 0.05) is 11.3 Å². The molecule has 1 atom stereocenters. The van der Waals surface area contributed by atoms with Crippen molar-refractivity contribution in [2.75, 3.05) is 0 Å². The summed E-state index contributed by atoms with van der Waals surface area (Å²) in [5, 5.41) is 6.81. The Hall–Kier alpha value is -2.95. The van der Waals surface area contributed by atoms with Gasteiger partial charge in [-0.3, -0.25) is 9.59 Å². The maximum absolute atomic E-state index is 12.5. The first-order valence-corrected chi connectivity index (χ1v) is 7.85. The van der Waals surface area contributed by atoms with Gasteiger partial charge in [-0.05, 0) is 31.0 Å². The number of rotatable bonds is 6. The third-order valence-corrected chi connectivity index (χ3v) is 3.58. The van der Waals surface area contributed by atoms with Gasteiger partial charge >= 0.3 is 0 Å². The van der Waals surface area contributed by atoms with Crippen molar-refractivity contribution < 1.29 is 9.59 Å². The summed E-state index contributed by atoms with van der Waals surface area (Å²) in [4.78, 5) is 24.9. The van der Waals surface area contributed by atoms with Gasteiger partial charge in [-0.25, -0.2) is 5.43 Å². The van der Waals surface area contributed by atoms with Crippen LogP contribution in [0.5, 0.6) is 0 Å². The lowest BCUT2D eigenvalue weighted by Crippen LogP contribution is -2.39. The van der Waals surface area contributed by atoms with Gasteiger partial charge in [0.1, 0.15) is 6.04 Å². The van der Waals surface area contributed by atoms with Gasteiger partial charge in [0.2, 0.25) is 0 Å². The largest absolute Gasteiger partial charge is 0.336 e. The zero-order valence-corrected chi connectivity index (χ0v) is 13.8. The van der Waals surface area contributed by atoms with Gasteiger partial charge in [-0.2, -0.15) is 5.10 Å². The number of nitrogens with zero attached hydrogens (tertiary/aromatic N) is 1. The molecule has 0 saturated heterocycles. The van der Waals surface area contributed by atoms with Crippen LogP contribution in [-0.4, -0.2) is 17.5 Å². The van der Waals surface area contributed by atoms with Crippen molar-refractivity contribution in [2.24, 2.45) is 5.10 Å². The summed E-state index contributed by atoms with van der Waals surface area (Å²) in [6, 6.07) is 17.1. The summed E-state index contributed by atoms with van der Waals surface area (Å²) in [5.74, 6) is -0.686. The minimum atomic E-state index is -0.813. The van der Waals surface area contributed by atoms with E-state index in [0.717, 1.165) is 12.1 Å². The first kappa shape index (κ1) is 17.4. The Labute approximate surface area is 141 Å². The van der Waals surface area contributed by atoms with Gasteiger partial charge in [-0.1, -0.05) is 55.5 Å². The lowest BCUT2D eigenvalue weighted by Gasteiger charge is -2.17. The summed E-state index contributed by atoms with van der Waals surface area (Å²) < 4.78 is 0. The van der Waals surface area contributed by atoms with Crippen molar-refractivity contribution in [3.63, 3.8) is 0 Å². The number of carbonyl (C=O) groups excluding carboxylic acids is 2. The van der Waals surface area contributed by atoms with Crippen molar-refractivity contribution >= 4 is 17.5 Å². The Kier molecular flexibility index (Phi) is 6.25. The molecule has 0 heterocycles. The molecule has 2 rings (SSSR count). The number of hydrogen-bond acceptors (Lipinski definition) is 3. The van der Waals surface area contributed by atoms with Gasteiger partial charge in [0.25, 0.3) is 11.8 Å². The minimum absolute atomic E-state index is 0.309. The van der Waals surface area contributed by atoms with E-state index in [2.05, 4.69) is 15.8 Å². The molecule has 2 aromatic rings. The predicted molar refractivity (Wildman–Crippen MR) is 94.6 cm³/mol. The minimum Gasteiger partial charge on any atom is -0.336 e. The summed E-state index contributed by atoms with van der Waals surface area (Å²) in [6.45, 7) is 3.79. The average Bonchev–Trinajstić information content (AvgIpc) is 2.65. The molecule has 1 unspecified atom stereocenters. The third-order valence-electron chi connectivity index (χ3n) is 3.58. The maximum Gasteiger partial charge on any atom is 0.267 e. The molecule has 2 amide bonds. The van der Waals surface area contributed by atoms with Gasteiger partial charge in [0.05, 0.1) is 0 Å². The highest BCUT2D eigenvalue weighted by molar-refractivity contribution is 5.98. The fourth-order valence-electron chi connectivity index (χ4n) is 2.04. The van der Waals surface area contributed by atoms with E-state index in [1.807, 2.05) is 38.1 Å². The normalized spacial score (nSPS) is 12.3. The van der Waals surface area contributed by atoms with Crippen LogP contribution in [0.4, 0.5) is 0 Å². The molecule has 2 N–H and O–H groups in total. The smallest absolute Gasteiger partial charge is 0.267 e. The van der Waals surface area contributed by atoms with Gasteiger partial charge in [-0.15, -0.1) is 0 Å². The molecule has 0 aromatic heterocycles. The van der Waals surface area contributed by atoms with E-state index in [1.54, 1.807) is 36.4 Å². The number of hydrazone groups is 1. The second kappa shape index (κ2) is 8.62. The van der Waals surface area contributed by atoms with E-state index in [0.29, 0.717) is 11.1 Å². The van der Waals surface area contributed by atoms with Crippen LogP contribution in [0.1, 0.15) is 42.2 Å². The third kappa shape index (κ3) is 4.78. The first-order chi connectivity index (χ1) is 11.6. The van der Waals surface area contributed by atoms with E-state index in [9.17, 15) is 9.59 Å². The monoisotopic (exact) mass is 323 g/mol. The topological polar surface area (TPSA) is 70.6 Å². The van der Waals surface area contributed by atoms with E-state index in [-0.39, 0.29) is 11.8 Å². The Morgan fingerprint density at radius 1 is 1.00 bits per heavy atom. The summed E-state index contributed by atoms with van der Waals surface area (Å²) in [5.41, 5.74) is 4.53. The lowest BCUT2D eigenvalue weighted by atomic mass is 10.1. The van der Waals surface area contributed by atoms with E-state index >= 15 is 0 Å². The average molecular weight is 323 g/mol. The standard InChI is InChI=1S/C19H21N3O2/c1-3-14(2)21-22-19(24)17(15-10-6-4-7-11-15)20-18(23)16-12-8-5-9-13-16/h4-13,17H,3H2,1-2H3,(H,20,23)(H,22,24). The van der Waals surface area contributed by atoms with Crippen molar-refractivity contribution in [2.45, 2.75) is 26.3 Å². The number of hydrogen-bond donors (Lipinski definition) is 2. The van der Waals surface area contributed by atoms with Crippen LogP contribution in [0.2, 0.25) is 0 Å². The molecule has 0 aliphatic rings. The Bertz CT molecular complexity index is 712. The van der Waals surface area contributed by atoms with Gasteiger partial charge in [0.15, 0.2) is 0 Å². The zero-order valence-electron chi connectivity index (χ0n) is 13.8. The summed E-state index contributed by atoms with van der Waals surface area (Å²) >= 11 is 0. The predicted octanol–water partition coefficient (Wildman–Crippen LogP) is 3.06. The van der Waals surface area contributed by atoms with Crippen molar-refractivity contribution in [3.05, 3.63) is 71.8 Å². The van der Waals surface area contributed by atoms with Crippen molar-refractivity contribution in [1.29, 1.82) is 0 Å². The van der Waals surface area contributed by atoms with E-state index in [1.165, 1.54) is 0 Å². The molecule has 0 fully saturated rings.